The highest BCUT2D eigenvalue weighted by molar-refractivity contribution is 5.71. The Kier molecular flexibility index (Phi) is 4.76. The van der Waals surface area contributed by atoms with Crippen LogP contribution in [0.4, 0.5) is 5.95 Å². The van der Waals surface area contributed by atoms with Gasteiger partial charge in [-0.1, -0.05) is 6.92 Å². The molecule has 110 valence electrons. The van der Waals surface area contributed by atoms with Crippen LogP contribution in [0.2, 0.25) is 0 Å². The van der Waals surface area contributed by atoms with Crippen LogP contribution in [0.25, 0.3) is 0 Å². The molecule has 0 radical (unpaired) electrons. The second kappa shape index (κ2) is 6.54. The van der Waals surface area contributed by atoms with Crippen molar-refractivity contribution in [3.05, 3.63) is 11.8 Å². The molecule has 6 heteroatoms. The number of carboxylic acid groups (broad SMARTS) is 1. The number of aromatic nitrogens is 2. The number of piperidine rings is 1. The van der Waals surface area contributed by atoms with E-state index in [0.717, 1.165) is 31.5 Å². The maximum Gasteiger partial charge on any atom is 0.308 e. The Labute approximate surface area is 118 Å². The van der Waals surface area contributed by atoms with E-state index in [-0.39, 0.29) is 5.92 Å². The van der Waals surface area contributed by atoms with E-state index in [1.165, 1.54) is 0 Å². The SMILES string of the molecule is CCCOc1cc(C)nc(N2CCCC(C(=O)O)C2)n1. The number of nitrogens with zero attached hydrogens (tertiary/aromatic N) is 3. The number of carbonyl (C=O) groups is 1. The summed E-state index contributed by atoms with van der Waals surface area (Å²) < 4.78 is 5.55. The zero-order valence-electron chi connectivity index (χ0n) is 12.0. The smallest absolute Gasteiger partial charge is 0.308 e. The summed E-state index contributed by atoms with van der Waals surface area (Å²) >= 11 is 0. The first-order chi connectivity index (χ1) is 9.60. The molecule has 1 aromatic rings. The lowest BCUT2D eigenvalue weighted by atomic mass is 9.99. The minimum Gasteiger partial charge on any atom is -0.481 e. The number of rotatable bonds is 5. The Hall–Kier alpha value is -1.85. The van der Waals surface area contributed by atoms with Crippen LogP contribution in [0.1, 0.15) is 31.9 Å². The quantitative estimate of drug-likeness (QED) is 0.887. The monoisotopic (exact) mass is 279 g/mol. The Balaban J connectivity index is 2.14. The number of carboxylic acids is 1. The number of hydrogen-bond acceptors (Lipinski definition) is 5. The number of aryl methyl sites for hydroxylation is 1. The highest BCUT2D eigenvalue weighted by Gasteiger charge is 2.27. The van der Waals surface area contributed by atoms with Crippen molar-refractivity contribution >= 4 is 11.9 Å². The van der Waals surface area contributed by atoms with Crippen LogP contribution in [0.15, 0.2) is 6.07 Å². The summed E-state index contributed by atoms with van der Waals surface area (Å²) in [4.78, 5) is 21.8. The van der Waals surface area contributed by atoms with Gasteiger partial charge in [0.25, 0.3) is 0 Å². The zero-order chi connectivity index (χ0) is 14.5. The maximum atomic E-state index is 11.1. The van der Waals surface area contributed by atoms with E-state index in [0.29, 0.717) is 25.0 Å². The Morgan fingerprint density at radius 1 is 1.55 bits per heavy atom. The molecule has 0 saturated carbocycles. The molecule has 1 atom stereocenters. The van der Waals surface area contributed by atoms with E-state index in [9.17, 15) is 4.79 Å². The van der Waals surface area contributed by atoms with E-state index in [1.54, 1.807) is 6.07 Å². The lowest BCUT2D eigenvalue weighted by Crippen LogP contribution is -2.39. The van der Waals surface area contributed by atoms with Crippen LogP contribution in [-0.4, -0.2) is 40.7 Å². The summed E-state index contributed by atoms with van der Waals surface area (Å²) in [6, 6.07) is 1.80. The first kappa shape index (κ1) is 14.6. The zero-order valence-corrected chi connectivity index (χ0v) is 12.0. The van der Waals surface area contributed by atoms with E-state index in [1.807, 2.05) is 18.7 Å². The van der Waals surface area contributed by atoms with Crippen LogP contribution < -0.4 is 9.64 Å². The molecule has 1 aliphatic heterocycles. The number of hydrogen-bond donors (Lipinski definition) is 1. The molecular formula is C14H21N3O3. The normalized spacial score (nSPS) is 18.9. The Morgan fingerprint density at radius 3 is 3.05 bits per heavy atom. The highest BCUT2D eigenvalue weighted by atomic mass is 16.5. The molecule has 1 saturated heterocycles. The molecule has 1 N–H and O–H groups in total. The lowest BCUT2D eigenvalue weighted by molar-refractivity contribution is -0.141. The van der Waals surface area contributed by atoms with Gasteiger partial charge < -0.3 is 14.7 Å². The number of anilines is 1. The van der Waals surface area contributed by atoms with Gasteiger partial charge in [-0.25, -0.2) is 4.98 Å². The average molecular weight is 279 g/mol. The Morgan fingerprint density at radius 2 is 2.35 bits per heavy atom. The maximum absolute atomic E-state index is 11.1. The molecule has 2 rings (SSSR count). The molecule has 2 heterocycles. The van der Waals surface area contributed by atoms with Gasteiger partial charge in [-0.2, -0.15) is 4.98 Å². The third-order valence-electron chi connectivity index (χ3n) is 3.33. The molecule has 0 bridgehead atoms. The van der Waals surface area contributed by atoms with Crippen LogP contribution in [0, 0.1) is 12.8 Å². The molecule has 0 aliphatic carbocycles. The standard InChI is InChI=1S/C14H21N3O3/c1-3-7-20-12-8-10(2)15-14(16-12)17-6-4-5-11(9-17)13(18)19/h8,11H,3-7,9H2,1-2H3,(H,18,19). The van der Waals surface area contributed by atoms with Gasteiger partial charge in [0, 0.05) is 24.8 Å². The van der Waals surface area contributed by atoms with Crippen molar-refractivity contribution < 1.29 is 14.6 Å². The fourth-order valence-corrected chi connectivity index (χ4v) is 2.31. The van der Waals surface area contributed by atoms with E-state index in [4.69, 9.17) is 9.84 Å². The van der Waals surface area contributed by atoms with E-state index in [2.05, 4.69) is 9.97 Å². The first-order valence-corrected chi connectivity index (χ1v) is 7.06. The van der Waals surface area contributed by atoms with Gasteiger partial charge >= 0.3 is 5.97 Å². The largest absolute Gasteiger partial charge is 0.481 e. The fraction of sp³-hybridized carbons (Fsp3) is 0.643. The van der Waals surface area contributed by atoms with Gasteiger partial charge in [0.2, 0.25) is 11.8 Å². The van der Waals surface area contributed by atoms with Gasteiger partial charge in [-0.3, -0.25) is 4.79 Å². The average Bonchev–Trinajstić information content (AvgIpc) is 2.44. The van der Waals surface area contributed by atoms with Crippen molar-refractivity contribution in [2.75, 3.05) is 24.6 Å². The van der Waals surface area contributed by atoms with Crippen LogP contribution in [0.3, 0.4) is 0 Å². The minimum absolute atomic E-state index is 0.340. The van der Waals surface area contributed by atoms with Crippen molar-refractivity contribution in [1.29, 1.82) is 0 Å². The van der Waals surface area contributed by atoms with Crippen molar-refractivity contribution in [2.24, 2.45) is 5.92 Å². The first-order valence-electron chi connectivity index (χ1n) is 7.06. The summed E-state index contributed by atoms with van der Waals surface area (Å²) in [5.74, 6) is 0.0477. The van der Waals surface area contributed by atoms with E-state index >= 15 is 0 Å². The summed E-state index contributed by atoms with van der Waals surface area (Å²) in [6.45, 7) is 5.81. The minimum atomic E-state index is -0.746. The fourth-order valence-electron chi connectivity index (χ4n) is 2.31. The summed E-state index contributed by atoms with van der Waals surface area (Å²) in [5, 5.41) is 9.14. The predicted molar refractivity (Wildman–Crippen MR) is 75.1 cm³/mol. The van der Waals surface area contributed by atoms with Gasteiger partial charge in [0.15, 0.2) is 0 Å². The van der Waals surface area contributed by atoms with Crippen molar-refractivity contribution in [3.8, 4) is 5.88 Å². The van der Waals surface area contributed by atoms with Crippen LogP contribution in [-0.2, 0) is 4.79 Å². The van der Waals surface area contributed by atoms with E-state index < -0.39 is 5.97 Å². The summed E-state index contributed by atoms with van der Waals surface area (Å²) in [6.07, 6.45) is 2.49. The van der Waals surface area contributed by atoms with Crippen molar-refractivity contribution in [1.82, 2.24) is 9.97 Å². The molecule has 0 aromatic carbocycles. The van der Waals surface area contributed by atoms with Gasteiger partial charge in [-0.15, -0.1) is 0 Å². The highest BCUT2D eigenvalue weighted by Crippen LogP contribution is 2.22. The van der Waals surface area contributed by atoms with Crippen LogP contribution in [0.5, 0.6) is 5.88 Å². The third kappa shape index (κ3) is 3.59. The molecule has 0 spiro atoms. The van der Waals surface area contributed by atoms with Crippen LogP contribution >= 0.6 is 0 Å². The third-order valence-corrected chi connectivity index (χ3v) is 3.33. The van der Waals surface area contributed by atoms with Gasteiger partial charge in [0.1, 0.15) is 0 Å². The second-order valence-electron chi connectivity index (χ2n) is 5.12. The predicted octanol–water partition coefficient (Wildman–Crippen LogP) is 1.87. The molecule has 1 aliphatic rings. The molecule has 1 aromatic heterocycles. The lowest BCUT2D eigenvalue weighted by Gasteiger charge is -2.30. The van der Waals surface area contributed by atoms with Crippen molar-refractivity contribution in [3.63, 3.8) is 0 Å². The summed E-state index contributed by atoms with van der Waals surface area (Å²) in [5.41, 5.74) is 0.832. The van der Waals surface area contributed by atoms with Crippen molar-refractivity contribution in [2.45, 2.75) is 33.1 Å². The molecule has 1 fully saturated rings. The molecular weight excluding hydrogens is 258 g/mol. The van der Waals surface area contributed by atoms with Gasteiger partial charge in [0.05, 0.1) is 12.5 Å². The summed E-state index contributed by atoms with van der Waals surface area (Å²) in [7, 11) is 0. The molecule has 0 amide bonds. The van der Waals surface area contributed by atoms with Gasteiger partial charge in [-0.05, 0) is 26.2 Å². The topological polar surface area (TPSA) is 75.5 Å². The number of ether oxygens (including phenoxy) is 1. The Bertz CT molecular complexity index is 479. The molecule has 20 heavy (non-hydrogen) atoms. The molecule has 1 unspecified atom stereocenters. The second-order valence-corrected chi connectivity index (χ2v) is 5.12. The molecule has 6 nitrogen and oxygen atoms in total. The number of aliphatic carboxylic acids is 1.